The number of aromatic nitrogens is 3. The van der Waals surface area contributed by atoms with Crippen molar-refractivity contribution in [3.05, 3.63) is 70.2 Å². The Kier molecular flexibility index (Phi) is 4.92. The van der Waals surface area contributed by atoms with Gasteiger partial charge in [0, 0.05) is 49.1 Å². The molecule has 3 aromatic heterocycles. The highest BCUT2D eigenvalue weighted by molar-refractivity contribution is 7.09. The Morgan fingerprint density at radius 2 is 2.16 bits per heavy atom. The second kappa shape index (κ2) is 7.47. The number of hydrogen-bond donors (Lipinski definition) is 0. The van der Waals surface area contributed by atoms with Gasteiger partial charge in [-0.3, -0.25) is 9.88 Å². The summed E-state index contributed by atoms with van der Waals surface area (Å²) in [4.78, 5) is 12.5. The molecule has 3 aromatic rings. The van der Waals surface area contributed by atoms with Gasteiger partial charge in [0.15, 0.2) is 0 Å². The highest BCUT2D eigenvalue weighted by Gasteiger charge is 2.23. The zero-order valence-corrected chi connectivity index (χ0v) is 15.2. The zero-order chi connectivity index (χ0) is 17.1. The monoisotopic (exact) mass is 354 g/mol. The molecule has 0 saturated carbocycles. The van der Waals surface area contributed by atoms with E-state index in [9.17, 15) is 0 Å². The molecule has 1 aliphatic rings. The van der Waals surface area contributed by atoms with E-state index >= 15 is 0 Å². The molecule has 0 unspecified atom stereocenters. The SMILES string of the molecule is Cc1ncsc1CN1Cc2cccn2C[C@@H](OCc2ccccn2)C1. The van der Waals surface area contributed by atoms with Crippen LogP contribution in [0.2, 0.25) is 0 Å². The first-order valence-corrected chi connectivity index (χ1v) is 9.43. The van der Waals surface area contributed by atoms with E-state index in [1.165, 1.54) is 10.6 Å². The first-order valence-electron chi connectivity index (χ1n) is 8.55. The largest absolute Gasteiger partial charge is 0.369 e. The predicted molar refractivity (Wildman–Crippen MR) is 98.2 cm³/mol. The van der Waals surface area contributed by atoms with E-state index in [1.807, 2.05) is 29.9 Å². The molecule has 4 heterocycles. The highest BCUT2D eigenvalue weighted by Crippen LogP contribution is 2.21. The minimum Gasteiger partial charge on any atom is -0.369 e. The summed E-state index contributed by atoms with van der Waals surface area (Å²) >= 11 is 1.73. The number of nitrogens with zero attached hydrogens (tertiary/aromatic N) is 4. The second-order valence-corrected chi connectivity index (χ2v) is 7.38. The van der Waals surface area contributed by atoms with Gasteiger partial charge in [-0.05, 0) is 31.2 Å². The Bertz CT molecular complexity index is 814. The van der Waals surface area contributed by atoms with Crippen molar-refractivity contribution in [3.63, 3.8) is 0 Å². The Labute approximate surface area is 151 Å². The fraction of sp³-hybridized carbons (Fsp3) is 0.368. The molecule has 25 heavy (non-hydrogen) atoms. The summed E-state index contributed by atoms with van der Waals surface area (Å²) in [6.07, 6.45) is 4.10. The molecule has 4 rings (SSSR count). The summed E-state index contributed by atoms with van der Waals surface area (Å²) in [6, 6.07) is 10.3. The maximum absolute atomic E-state index is 6.22. The maximum Gasteiger partial charge on any atom is 0.0893 e. The van der Waals surface area contributed by atoms with Gasteiger partial charge in [0.2, 0.25) is 0 Å². The first-order chi connectivity index (χ1) is 12.3. The van der Waals surface area contributed by atoms with Crippen molar-refractivity contribution in [2.75, 3.05) is 6.54 Å². The fourth-order valence-electron chi connectivity index (χ4n) is 3.22. The topological polar surface area (TPSA) is 43.2 Å². The van der Waals surface area contributed by atoms with Crippen LogP contribution in [0, 0.1) is 6.92 Å². The van der Waals surface area contributed by atoms with E-state index in [1.54, 1.807) is 11.3 Å². The fourth-order valence-corrected chi connectivity index (χ4v) is 4.04. The number of rotatable bonds is 5. The molecule has 0 aliphatic carbocycles. The summed E-state index contributed by atoms with van der Waals surface area (Å²) in [7, 11) is 0. The molecule has 0 fully saturated rings. The summed E-state index contributed by atoms with van der Waals surface area (Å²) in [5.41, 5.74) is 5.38. The van der Waals surface area contributed by atoms with Crippen LogP contribution in [0.4, 0.5) is 0 Å². The molecular weight excluding hydrogens is 332 g/mol. The van der Waals surface area contributed by atoms with Crippen LogP contribution < -0.4 is 0 Å². The van der Waals surface area contributed by atoms with Crippen LogP contribution in [0.1, 0.15) is 22.0 Å². The Morgan fingerprint density at radius 3 is 2.96 bits per heavy atom. The van der Waals surface area contributed by atoms with Crippen LogP contribution in [0.25, 0.3) is 0 Å². The molecule has 0 radical (unpaired) electrons. The number of ether oxygens (including phenoxy) is 1. The lowest BCUT2D eigenvalue weighted by Gasteiger charge is -2.23. The van der Waals surface area contributed by atoms with Crippen molar-refractivity contribution in [1.82, 2.24) is 19.4 Å². The van der Waals surface area contributed by atoms with Crippen molar-refractivity contribution in [2.45, 2.75) is 39.3 Å². The lowest BCUT2D eigenvalue weighted by atomic mass is 10.3. The molecule has 0 saturated heterocycles. The molecule has 6 heteroatoms. The molecule has 0 amide bonds. The van der Waals surface area contributed by atoms with Gasteiger partial charge in [-0.25, -0.2) is 4.98 Å². The summed E-state index contributed by atoms with van der Waals surface area (Å²) < 4.78 is 8.53. The van der Waals surface area contributed by atoms with Crippen molar-refractivity contribution in [1.29, 1.82) is 0 Å². The molecule has 130 valence electrons. The van der Waals surface area contributed by atoms with Crippen LogP contribution in [0.5, 0.6) is 0 Å². The van der Waals surface area contributed by atoms with Gasteiger partial charge in [-0.2, -0.15) is 0 Å². The Hall–Kier alpha value is -2.02. The average molecular weight is 354 g/mol. The van der Waals surface area contributed by atoms with Crippen LogP contribution >= 0.6 is 11.3 Å². The molecule has 0 spiro atoms. The number of aryl methyl sites for hydroxylation is 1. The van der Waals surface area contributed by atoms with Gasteiger partial charge in [0.05, 0.1) is 29.6 Å². The first kappa shape index (κ1) is 16.4. The molecule has 5 nitrogen and oxygen atoms in total. The number of thiazole rings is 1. The van der Waals surface area contributed by atoms with E-state index in [0.29, 0.717) is 6.61 Å². The maximum atomic E-state index is 6.22. The van der Waals surface area contributed by atoms with Gasteiger partial charge in [-0.1, -0.05) is 6.07 Å². The Morgan fingerprint density at radius 1 is 1.20 bits per heavy atom. The third kappa shape index (κ3) is 3.98. The smallest absolute Gasteiger partial charge is 0.0893 e. The molecule has 1 aliphatic heterocycles. The van der Waals surface area contributed by atoms with Crippen molar-refractivity contribution in [2.24, 2.45) is 0 Å². The summed E-state index contributed by atoms with van der Waals surface area (Å²) in [5.74, 6) is 0. The summed E-state index contributed by atoms with van der Waals surface area (Å²) in [5, 5.41) is 0. The van der Waals surface area contributed by atoms with Crippen molar-refractivity contribution >= 4 is 11.3 Å². The third-order valence-electron chi connectivity index (χ3n) is 4.58. The van der Waals surface area contributed by atoms with Crippen LogP contribution in [0.15, 0.2) is 48.2 Å². The number of pyridine rings is 1. The zero-order valence-electron chi connectivity index (χ0n) is 14.3. The quantitative estimate of drug-likeness (QED) is 0.705. The van der Waals surface area contributed by atoms with Gasteiger partial charge >= 0.3 is 0 Å². The van der Waals surface area contributed by atoms with Gasteiger partial charge in [-0.15, -0.1) is 11.3 Å². The summed E-state index contributed by atoms with van der Waals surface area (Å²) in [6.45, 7) is 6.29. The van der Waals surface area contributed by atoms with Gasteiger partial charge < -0.3 is 9.30 Å². The number of hydrogen-bond acceptors (Lipinski definition) is 5. The van der Waals surface area contributed by atoms with E-state index in [-0.39, 0.29) is 6.10 Å². The second-order valence-electron chi connectivity index (χ2n) is 6.44. The van der Waals surface area contributed by atoms with E-state index in [0.717, 1.165) is 37.6 Å². The molecule has 0 bridgehead atoms. The Balaban J connectivity index is 1.48. The van der Waals surface area contributed by atoms with Crippen LogP contribution in [-0.4, -0.2) is 32.1 Å². The van der Waals surface area contributed by atoms with Crippen LogP contribution in [0.3, 0.4) is 0 Å². The predicted octanol–water partition coefficient (Wildman–Crippen LogP) is 3.25. The minimum atomic E-state index is 0.142. The molecular formula is C19H22N4OS. The van der Waals surface area contributed by atoms with Crippen LogP contribution in [-0.2, 0) is 31.0 Å². The van der Waals surface area contributed by atoms with Gasteiger partial charge in [0.25, 0.3) is 0 Å². The molecule has 1 atom stereocenters. The number of fused-ring (bicyclic) bond motifs is 1. The van der Waals surface area contributed by atoms with Crippen molar-refractivity contribution < 1.29 is 4.74 Å². The molecule has 0 aromatic carbocycles. The molecule has 0 N–H and O–H groups in total. The van der Waals surface area contributed by atoms with Gasteiger partial charge in [0.1, 0.15) is 0 Å². The van der Waals surface area contributed by atoms with Crippen molar-refractivity contribution in [3.8, 4) is 0 Å². The lowest BCUT2D eigenvalue weighted by molar-refractivity contribution is 0.00738. The standard InChI is InChI=1S/C19H22N4OS/c1-15-19(25-14-21-15)12-22-9-17-6-4-8-23(17)11-18(10-22)24-13-16-5-2-3-7-20-16/h2-8,14,18H,9-13H2,1H3/t18-/m0/s1. The minimum absolute atomic E-state index is 0.142. The highest BCUT2D eigenvalue weighted by atomic mass is 32.1. The third-order valence-corrected chi connectivity index (χ3v) is 5.50. The van der Waals surface area contributed by atoms with E-state index < -0.39 is 0 Å². The lowest BCUT2D eigenvalue weighted by Crippen LogP contribution is -2.32. The normalized spacial score (nSPS) is 18.0. The van der Waals surface area contributed by atoms with E-state index in [2.05, 4.69) is 44.7 Å². The average Bonchev–Trinajstić information content (AvgIpc) is 3.19. The van der Waals surface area contributed by atoms with E-state index in [4.69, 9.17) is 4.74 Å².